The van der Waals surface area contributed by atoms with E-state index in [2.05, 4.69) is 10.3 Å². The molecule has 0 aliphatic rings. The summed E-state index contributed by atoms with van der Waals surface area (Å²) in [6.45, 7) is 5.58. The minimum atomic E-state index is -0.557. The number of pyridine rings is 1. The summed E-state index contributed by atoms with van der Waals surface area (Å²) in [5.74, 6) is -0.307. The molecule has 1 aromatic heterocycles. The van der Waals surface area contributed by atoms with E-state index in [1.807, 2.05) is 0 Å². The van der Waals surface area contributed by atoms with Crippen molar-refractivity contribution in [3.05, 3.63) is 52.9 Å². The van der Waals surface area contributed by atoms with Gasteiger partial charge >= 0.3 is 6.09 Å². The van der Waals surface area contributed by atoms with Crippen molar-refractivity contribution in [3.63, 3.8) is 0 Å². The summed E-state index contributed by atoms with van der Waals surface area (Å²) in [6.07, 6.45) is 1.06. The molecule has 2 rings (SSSR count). The van der Waals surface area contributed by atoms with Crippen LogP contribution in [0.2, 0.25) is 5.02 Å². The first kappa shape index (κ1) is 17.2. The monoisotopic (exact) mass is 336 g/mol. The van der Waals surface area contributed by atoms with Crippen LogP contribution in [0.4, 0.5) is 9.18 Å². The number of benzene rings is 1. The molecule has 1 heterocycles. The molecule has 4 nitrogen and oxygen atoms in total. The Morgan fingerprint density at radius 1 is 1.30 bits per heavy atom. The van der Waals surface area contributed by atoms with E-state index >= 15 is 0 Å². The Balaban J connectivity index is 2.05. The van der Waals surface area contributed by atoms with Gasteiger partial charge in [0.25, 0.3) is 0 Å². The minimum Gasteiger partial charge on any atom is -0.444 e. The Labute approximate surface area is 139 Å². The third-order valence-electron chi connectivity index (χ3n) is 2.89. The molecular weight excluding hydrogens is 319 g/mol. The molecule has 0 bridgehead atoms. The summed E-state index contributed by atoms with van der Waals surface area (Å²) in [7, 11) is 0. The summed E-state index contributed by atoms with van der Waals surface area (Å²) < 4.78 is 18.1. The summed E-state index contributed by atoms with van der Waals surface area (Å²) in [5.41, 5.74) is 1.51. The fraction of sp³-hybridized carbons (Fsp3) is 0.294. The lowest BCUT2D eigenvalue weighted by Gasteiger charge is -2.19. The SMILES string of the molecule is CC(C)(C)OC(=O)NCc1cnc(-c2ccc(F)cc2)cc1Cl. The second kappa shape index (κ2) is 6.96. The number of nitrogens with one attached hydrogen (secondary N) is 1. The van der Waals surface area contributed by atoms with Crippen LogP contribution in [0.25, 0.3) is 11.3 Å². The van der Waals surface area contributed by atoms with E-state index < -0.39 is 11.7 Å². The Morgan fingerprint density at radius 2 is 1.96 bits per heavy atom. The number of nitrogens with zero attached hydrogens (tertiary/aromatic N) is 1. The molecule has 2 aromatic rings. The maximum absolute atomic E-state index is 12.9. The number of halogens is 2. The van der Waals surface area contributed by atoms with Crippen molar-refractivity contribution in [2.75, 3.05) is 0 Å². The van der Waals surface area contributed by atoms with Gasteiger partial charge in [0.05, 0.1) is 5.69 Å². The van der Waals surface area contributed by atoms with Crippen LogP contribution < -0.4 is 5.32 Å². The maximum atomic E-state index is 12.9. The normalized spacial score (nSPS) is 11.2. The van der Waals surface area contributed by atoms with E-state index in [9.17, 15) is 9.18 Å². The highest BCUT2D eigenvalue weighted by Gasteiger charge is 2.16. The Kier molecular flexibility index (Phi) is 5.21. The summed E-state index contributed by atoms with van der Waals surface area (Å²) >= 11 is 6.22. The van der Waals surface area contributed by atoms with E-state index in [1.54, 1.807) is 45.2 Å². The zero-order valence-electron chi connectivity index (χ0n) is 13.2. The van der Waals surface area contributed by atoms with E-state index in [-0.39, 0.29) is 12.4 Å². The standard InChI is InChI=1S/C17H18ClFN2O2/c1-17(2,3)23-16(22)21-10-12-9-20-15(8-14(12)18)11-4-6-13(19)7-5-11/h4-9H,10H2,1-3H3,(H,21,22). The highest BCUT2D eigenvalue weighted by atomic mass is 35.5. The molecule has 0 spiro atoms. The third-order valence-corrected chi connectivity index (χ3v) is 3.24. The molecule has 0 radical (unpaired) electrons. The molecule has 23 heavy (non-hydrogen) atoms. The zero-order chi connectivity index (χ0) is 17.0. The lowest BCUT2D eigenvalue weighted by atomic mass is 10.1. The van der Waals surface area contributed by atoms with Gasteiger partial charge in [-0.25, -0.2) is 9.18 Å². The van der Waals surface area contributed by atoms with Crippen molar-refractivity contribution >= 4 is 17.7 Å². The van der Waals surface area contributed by atoms with Crippen LogP contribution in [0, 0.1) is 5.82 Å². The Hall–Kier alpha value is -2.14. The molecular formula is C17H18ClFN2O2. The van der Waals surface area contributed by atoms with Gasteiger partial charge in [0, 0.05) is 28.9 Å². The van der Waals surface area contributed by atoms with Crippen LogP contribution >= 0.6 is 11.6 Å². The Morgan fingerprint density at radius 3 is 2.52 bits per heavy atom. The number of alkyl carbamates (subject to hydrolysis) is 1. The van der Waals surface area contributed by atoms with Gasteiger partial charge in [-0.3, -0.25) is 4.98 Å². The van der Waals surface area contributed by atoms with Gasteiger partial charge in [0.1, 0.15) is 11.4 Å². The Bertz CT molecular complexity index is 697. The number of ether oxygens (including phenoxy) is 1. The smallest absolute Gasteiger partial charge is 0.407 e. The summed E-state index contributed by atoms with van der Waals surface area (Å²) in [5, 5.41) is 3.10. The second-order valence-corrected chi connectivity index (χ2v) is 6.43. The number of rotatable bonds is 3. The van der Waals surface area contributed by atoms with Gasteiger partial charge in [0.15, 0.2) is 0 Å². The van der Waals surface area contributed by atoms with Crippen LogP contribution in [0.15, 0.2) is 36.5 Å². The van der Waals surface area contributed by atoms with Crippen molar-refractivity contribution in [1.82, 2.24) is 10.3 Å². The predicted octanol–water partition coefficient (Wildman–Crippen LogP) is 4.57. The molecule has 0 aliphatic carbocycles. The van der Waals surface area contributed by atoms with Crippen LogP contribution in [0.1, 0.15) is 26.3 Å². The fourth-order valence-corrected chi connectivity index (χ4v) is 2.07. The predicted molar refractivity (Wildman–Crippen MR) is 87.7 cm³/mol. The van der Waals surface area contributed by atoms with Crippen molar-refractivity contribution in [2.45, 2.75) is 32.9 Å². The lowest BCUT2D eigenvalue weighted by Crippen LogP contribution is -2.32. The average Bonchev–Trinajstić information content (AvgIpc) is 2.45. The fourth-order valence-electron chi connectivity index (χ4n) is 1.85. The van der Waals surface area contributed by atoms with Crippen molar-refractivity contribution in [1.29, 1.82) is 0 Å². The summed E-state index contributed by atoms with van der Waals surface area (Å²) in [4.78, 5) is 15.9. The molecule has 1 aromatic carbocycles. The van der Waals surface area contributed by atoms with E-state index in [4.69, 9.17) is 16.3 Å². The first-order valence-electron chi connectivity index (χ1n) is 7.12. The van der Waals surface area contributed by atoms with Crippen molar-refractivity contribution < 1.29 is 13.9 Å². The molecule has 1 N–H and O–H groups in total. The van der Waals surface area contributed by atoms with Gasteiger partial charge in [-0.05, 0) is 51.1 Å². The average molecular weight is 337 g/mol. The van der Waals surface area contributed by atoms with Gasteiger partial charge in [0.2, 0.25) is 0 Å². The topological polar surface area (TPSA) is 51.2 Å². The minimum absolute atomic E-state index is 0.213. The van der Waals surface area contributed by atoms with Crippen LogP contribution in [0.3, 0.4) is 0 Å². The van der Waals surface area contributed by atoms with Crippen LogP contribution in [0.5, 0.6) is 0 Å². The molecule has 0 fully saturated rings. The highest BCUT2D eigenvalue weighted by Crippen LogP contribution is 2.23. The first-order valence-corrected chi connectivity index (χ1v) is 7.49. The van der Waals surface area contributed by atoms with Gasteiger partial charge < -0.3 is 10.1 Å². The molecule has 0 atom stereocenters. The van der Waals surface area contributed by atoms with Gasteiger partial charge in [-0.15, -0.1) is 0 Å². The van der Waals surface area contributed by atoms with Crippen LogP contribution in [-0.2, 0) is 11.3 Å². The summed E-state index contributed by atoms with van der Waals surface area (Å²) in [6, 6.07) is 7.67. The number of carbonyl (C=O) groups is 1. The zero-order valence-corrected chi connectivity index (χ0v) is 13.9. The van der Waals surface area contributed by atoms with Crippen LogP contribution in [-0.4, -0.2) is 16.7 Å². The van der Waals surface area contributed by atoms with Crippen molar-refractivity contribution in [2.24, 2.45) is 0 Å². The second-order valence-electron chi connectivity index (χ2n) is 6.02. The van der Waals surface area contributed by atoms with Gasteiger partial charge in [-0.1, -0.05) is 11.6 Å². The number of amides is 1. The molecule has 0 unspecified atom stereocenters. The number of hydrogen-bond acceptors (Lipinski definition) is 3. The van der Waals surface area contributed by atoms with Crippen molar-refractivity contribution in [3.8, 4) is 11.3 Å². The molecule has 0 aliphatic heterocycles. The molecule has 122 valence electrons. The highest BCUT2D eigenvalue weighted by molar-refractivity contribution is 6.31. The number of carbonyl (C=O) groups excluding carboxylic acids is 1. The number of aromatic nitrogens is 1. The van der Waals surface area contributed by atoms with E-state index in [1.165, 1.54) is 12.1 Å². The molecule has 1 amide bonds. The maximum Gasteiger partial charge on any atom is 0.407 e. The molecule has 0 saturated carbocycles. The molecule has 6 heteroatoms. The first-order chi connectivity index (χ1) is 10.7. The largest absolute Gasteiger partial charge is 0.444 e. The van der Waals surface area contributed by atoms with E-state index in [0.717, 1.165) is 5.56 Å². The third kappa shape index (κ3) is 5.21. The molecule has 0 saturated heterocycles. The van der Waals surface area contributed by atoms with E-state index in [0.29, 0.717) is 16.3 Å². The van der Waals surface area contributed by atoms with Gasteiger partial charge in [-0.2, -0.15) is 0 Å². The number of hydrogen-bond donors (Lipinski definition) is 1. The quantitative estimate of drug-likeness (QED) is 0.893. The lowest BCUT2D eigenvalue weighted by molar-refractivity contribution is 0.0523.